The Balaban J connectivity index is 1.68. The van der Waals surface area contributed by atoms with Crippen molar-refractivity contribution in [2.24, 2.45) is 0 Å². The number of hydrogen-bond donors (Lipinski definition) is 3. The van der Waals surface area contributed by atoms with Crippen molar-refractivity contribution in [3.8, 4) is 0 Å². The van der Waals surface area contributed by atoms with Gasteiger partial charge >= 0.3 is 0 Å². The number of carbonyl (C=O) groups excluding carboxylic acids is 1. The number of rotatable bonds is 8. The van der Waals surface area contributed by atoms with Gasteiger partial charge in [-0.1, -0.05) is 0 Å². The number of carbonyl (C=O) groups is 1. The van der Waals surface area contributed by atoms with Gasteiger partial charge in [-0.15, -0.1) is 0 Å². The van der Waals surface area contributed by atoms with Crippen molar-refractivity contribution >= 4 is 23.1 Å². The second-order valence-corrected chi connectivity index (χ2v) is 7.23. The van der Waals surface area contributed by atoms with Crippen molar-refractivity contribution < 1.29 is 14.3 Å². The zero-order valence-electron chi connectivity index (χ0n) is 16.2. The molecular formula is C21H22FN5O2. The van der Waals surface area contributed by atoms with Crippen molar-refractivity contribution in [2.75, 3.05) is 17.2 Å². The quantitative estimate of drug-likeness (QED) is 0.503. The molecule has 0 atom stereocenters. The summed E-state index contributed by atoms with van der Waals surface area (Å²) in [5, 5.41) is 15.8. The first-order valence-electron chi connectivity index (χ1n) is 9.07. The smallest absolute Gasteiger partial charge is 0.222 e. The van der Waals surface area contributed by atoms with Crippen molar-refractivity contribution in [3.05, 3.63) is 72.1 Å². The summed E-state index contributed by atoms with van der Waals surface area (Å²) < 4.78 is 13.1. The molecular weight excluding hydrogens is 373 g/mol. The van der Waals surface area contributed by atoms with Crippen LogP contribution in [0.4, 0.5) is 21.7 Å². The summed E-state index contributed by atoms with van der Waals surface area (Å²) in [7, 11) is 0. The third-order valence-corrected chi connectivity index (χ3v) is 4.04. The van der Waals surface area contributed by atoms with Crippen molar-refractivity contribution in [1.82, 2.24) is 15.0 Å². The maximum absolute atomic E-state index is 13.1. The molecule has 0 spiro atoms. The number of ketones is 1. The van der Waals surface area contributed by atoms with Gasteiger partial charge < -0.3 is 15.7 Å². The molecule has 0 aliphatic rings. The molecule has 0 saturated carbocycles. The fourth-order valence-corrected chi connectivity index (χ4v) is 2.51. The first-order valence-corrected chi connectivity index (χ1v) is 9.07. The van der Waals surface area contributed by atoms with Crippen LogP contribution in [0.5, 0.6) is 0 Å². The predicted molar refractivity (Wildman–Crippen MR) is 109 cm³/mol. The molecule has 0 aliphatic heterocycles. The Hall–Kier alpha value is -3.39. The highest BCUT2D eigenvalue weighted by Crippen LogP contribution is 2.21. The van der Waals surface area contributed by atoms with Crippen molar-refractivity contribution in [2.45, 2.75) is 25.9 Å². The van der Waals surface area contributed by atoms with Crippen LogP contribution in [-0.2, 0) is 6.42 Å². The summed E-state index contributed by atoms with van der Waals surface area (Å²) in [6.07, 6.45) is 6.27. The highest BCUT2D eigenvalue weighted by atomic mass is 19.1. The number of benzene rings is 1. The Morgan fingerprint density at radius 1 is 1.10 bits per heavy atom. The molecule has 3 aromatic rings. The average Bonchev–Trinajstić information content (AvgIpc) is 2.69. The van der Waals surface area contributed by atoms with E-state index in [1.54, 1.807) is 44.4 Å². The van der Waals surface area contributed by atoms with Gasteiger partial charge in [0.05, 0.1) is 23.0 Å². The minimum Gasteiger partial charge on any atom is -0.389 e. The molecule has 7 nitrogen and oxygen atoms in total. The van der Waals surface area contributed by atoms with E-state index in [-0.39, 0.29) is 24.6 Å². The van der Waals surface area contributed by atoms with Crippen LogP contribution in [0.1, 0.15) is 29.8 Å². The number of anilines is 3. The highest BCUT2D eigenvalue weighted by molar-refractivity contribution is 5.97. The third-order valence-electron chi connectivity index (χ3n) is 4.04. The van der Waals surface area contributed by atoms with E-state index in [0.717, 1.165) is 5.56 Å². The molecule has 0 amide bonds. The van der Waals surface area contributed by atoms with Crippen LogP contribution in [0.3, 0.4) is 0 Å². The molecule has 0 radical (unpaired) electrons. The second kappa shape index (κ2) is 8.74. The Bertz CT molecular complexity index is 970. The first kappa shape index (κ1) is 20.3. The zero-order valence-corrected chi connectivity index (χ0v) is 16.2. The van der Waals surface area contributed by atoms with Crippen LogP contribution in [-0.4, -0.2) is 38.0 Å². The number of nitrogens with zero attached hydrogens (tertiary/aromatic N) is 3. The number of nitrogens with one attached hydrogen (secondary N) is 2. The number of Topliss-reactive ketones (excluding diaryl/α,β-unsaturated/α-hetero) is 1. The molecule has 2 heterocycles. The molecule has 3 rings (SSSR count). The Morgan fingerprint density at radius 3 is 2.45 bits per heavy atom. The minimum absolute atomic E-state index is 0.131. The highest BCUT2D eigenvalue weighted by Gasteiger charge is 2.14. The minimum atomic E-state index is -0.896. The molecule has 0 fully saturated rings. The van der Waals surface area contributed by atoms with Gasteiger partial charge in [0, 0.05) is 37.2 Å². The lowest BCUT2D eigenvalue weighted by molar-refractivity contribution is 0.0941. The maximum atomic E-state index is 13.1. The summed E-state index contributed by atoms with van der Waals surface area (Å²) in [5.41, 5.74) is 1.59. The Morgan fingerprint density at radius 2 is 1.79 bits per heavy atom. The Kier molecular flexibility index (Phi) is 6.13. The topological polar surface area (TPSA) is 100 Å². The van der Waals surface area contributed by atoms with Gasteiger partial charge in [0.2, 0.25) is 5.95 Å². The predicted octanol–water partition coefficient (Wildman–Crippen LogP) is 3.36. The first-order chi connectivity index (χ1) is 13.8. The van der Waals surface area contributed by atoms with Gasteiger partial charge in [-0.2, -0.15) is 0 Å². The molecule has 150 valence electrons. The lowest BCUT2D eigenvalue weighted by Crippen LogP contribution is -2.29. The fraction of sp³-hybridized carbons (Fsp3) is 0.238. The molecule has 1 aromatic carbocycles. The number of aromatic nitrogens is 3. The van der Waals surface area contributed by atoms with Crippen LogP contribution in [0.25, 0.3) is 0 Å². The van der Waals surface area contributed by atoms with Crippen molar-refractivity contribution in [1.29, 1.82) is 0 Å². The van der Waals surface area contributed by atoms with Gasteiger partial charge in [-0.25, -0.2) is 14.4 Å². The lowest BCUT2D eigenvalue weighted by Gasteiger charge is -2.17. The van der Waals surface area contributed by atoms with Gasteiger partial charge in [-0.05, 0) is 49.7 Å². The van der Waals surface area contributed by atoms with Gasteiger partial charge in [-0.3, -0.25) is 9.78 Å². The SMILES string of the molecule is CC(C)(O)CNc1ncc(C(=O)Cc2ccncc2Nc2ccc(F)cc2)cn1. The number of pyridine rings is 1. The monoisotopic (exact) mass is 395 g/mol. The molecule has 0 bridgehead atoms. The molecule has 0 aliphatic carbocycles. The molecule has 0 unspecified atom stereocenters. The lowest BCUT2D eigenvalue weighted by atomic mass is 10.0. The largest absolute Gasteiger partial charge is 0.389 e. The van der Waals surface area contributed by atoms with E-state index in [2.05, 4.69) is 25.6 Å². The molecule has 29 heavy (non-hydrogen) atoms. The van der Waals surface area contributed by atoms with E-state index in [9.17, 15) is 14.3 Å². The van der Waals surface area contributed by atoms with E-state index >= 15 is 0 Å². The standard InChI is InChI=1S/C21H22FN5O2/c1-21(2,29)13-26-20-24-10-15(11-25-20)19(28)9-14-7-8-23-12-18(14)27-17-5-3-16(22)4-6-17/h3-8,10-12,27,29H,9,13H2,1-2H3,(H,24,25,26). The van der Waals surface area contributed by atoms with Gasteiger partial charge in [0.15, 0.2) is 5.78 Å². The summed E-state index contributed by atoms with van der Waals surface area (Å²) >= 11 is 0. The number of hydrogen-bond acceptors (Lipinski definition) is 7. The Labute approximate surface area is 168 Å². The third kappa shape index (κ3) is 6.05. The van der Waals surface area contributed by atoms with Crippen LogP contribution in [0.15, 0.2) is 55.1 Å². The van der Waals surface area contributed by atoms with E-state index in [1.807, 2.05) is 0 Å². The summed E-state index contributed by atoms with van der Waals surface area (Å²) in [5.74, 6) is -0.128. The number of aliphatic hydroxyl groups is 1. The van der Waals surface area contributed by atoms with Crippen LogP contribution in [0.2, 0.25) is 0 Å². The summed E-state index contributed by atoms with van der Waals surface area (Å²) in [6, 6.07) is 7.69. The van der Waals surface area contributed by atoms with Crippen LogP contribution < -0.4 is 10.6 Å². The van der Waals surface area contributed by atoms with Crippen LogP contribution >= 0.6 is 0 Å². The average molecular weight is 395 g/mol. The van der Waals surface area contributed by atoms with E-state index in [4.69, 9.17) is 0 Å². The van der Waals surface area contributed by atoms with E-state index in [1.165, 1.54) is 24.5 Å². The second-order valence-electron chi connectivity index (χ2n) is 7.23. The molecule has 0 saturated heterocycles. The molecule has 3 N–H and O–H groups in total. The maximum Gasteiger partial charge on any atom is 0.222 e. The van der Waals surface area contributed by atoms with E-state index < -0.39 is 5.60 Å². The van der Waals surface area contributed by atoms with Crippen molar-refractivity contribution in [3.63, 3.8) is 0 Å². The normalized spacial score (nSPS) is 11.2. The van der Waals surface area contributed by atoms with Crippen LogP contribution in [0, 0.1) is 5.82 Å². The van der Waals surface area contributed by atoms with Gasteiger partial charge in [0.1, 0.15) is 5.82 Å². The zero-order chi connectivity index (χ0) is 20.9. The van der Waals surface area contributed by atoms with E-state index in [0.29, 0.717) is 22.9 Å². The van der Waals surface area contributed by atoms with Gasteiger partial charge in [0.25, 0.3) is 0 Å². The molecule has 8 heteroatoms. The summed E-state index contributed by atoms with van der Waals surface area (Å²) in [4.78, 5) is 25.0. The fourth-order valence-electron chi connectivity index (χ4n) is 2.51. The summed E-state index contributed by atoms with van der Waals surface area (Å²) in [6.45, 7) is 3.63. The number of halogens is 1. The molecule has 2 aromatic heterocycles.